The maximum absolute atomic E-state index is 13.0. The summed E-state index contributed by atoms with van der Waals surface area (Å²) in [5.74, 6) is -0.116. The number of amides is 1. The lowest BCUT2D eigenvalue weighted by Gasteiger charge is -2.31. The summed E-state index contributed by atoms with van der Waals surface area (Å²) < 4.78 is 6.76. The number of ether oxygens (including phenoxy) is 1. The highest BCUT2D eigenvalue weighted by molar-refractivity contribution is 6.04. The minimum atomic E-state index is -0.157. The van der Waals surface area contributed by atoms with Crippen LogP contribution in [0.3, 0.4) is 0 Å². The Balaban J connectivity index is 2.04. The molecule has 0 aliphatic carbocycles. The average Bonchev–Trinajstić information content (AvgIpc) is 2.61. The Morgan fingerprint density at radius 1 is 1.21 bits per heavy atom. The molecule has 1 saturated heterocycles. The van der Waals surface area contributed by atoms with Gasteiger partial charge in [0.1, 0.15) is 0 Å². The Labute approximate surface area is 141 Å². The van der Waals surface area contributed by atoms with E-state index < -0.39 is 0 Å². The molecule has 1 aromatic heterocycles. The number of aromatic nitrogens is 2. The second kappa shape index (κ2) is 6.73. The van der Waals surface area contributed by atoms with Crippen molar-refractivity contribution < 1.29 is 9.53 Å². The van der Waals surface area contributed by atoms with Crippen molar-refractivity contribution in [1.29, 1.82) is 0 Å². The first-order chi connectivity index (χ1) is 11.5. The van der Waals surface area contributed by atoms with Gasteiger partial charge < -0.3 is 9.64 Å². The van der Waals surface area contributed by atoms with Crippen molar-refractivity contribution in [2.75, 3.05) is 20.2 Å². The normalized spacial score (nSPS) is 16.1. The Hall–Kier alpha value is -2.21. The van der Waals surface area contributed by atoms with Crippen LogP contribution in [0.5, 0.6) is 0 Å². The summed E-state index contributed by atoms with van der Waals surface area (Å²) in [7, 11) is 1.70. The minimum absolute atomic E-state index is 0.104. The Morgan fingerprint density at radius 2 is 1.83 bits per heavy atom. The molecule has 0 atom stereocenters. The Kier molecular flexibility index (Phi) is 4.66. The molecule has 1 aliphatic heterocycles. The number of methoxy groups -OCH3 is 1. The molecule has 2 heterocycles. The van der Waals surface area contributed by atoms with Crippen LogP contribution in [0.2, 0.25) is 0 Å². The van der Waals surface area contributed by atoms with Crippen LogP contribution in [0.15, 0.2) is 29.1 Å². The molecule has 1 fully saturated rings. The van der Waals surface area contributed by atoms with Crippen molar-refractivity contribution in [2.45, 2.75) is 38.8 Å². The summed E-state index contributed by atoms with van der Waals surface area (Å²) in [6, 6.07) is 7.09. The number of piperidine rings is 1. The fraction of sp³-hybridized carbons (Fsp3) is 0.500. The van der Waals surface area contributed by atoms with Crippen LogP contribution in [-0.4, -0.2) is 46.9 Å². The summed E-state index contributed by atoms with van der Waals surface area (Å²) in [5.41, 5.74) is 0.199. The monoisotopic (exact) mass is 329 g/mol. The molecule has 128 valence electrons. The third-order valence-electron chi connectivity index (χ3n) is 4.58. The molecule has 0 bridgehead atoms. The number of benzene rings is 1. The molecule has 24 heavy (non-hydrogen) atoms. The second-order valence-corrected chi connectivity index (χ2v) is 6.46. The van der Waals surface area contributed by atoms with Gasteiger partial charge in [0.2, 0.25) is 0 Å². The number of rotatable bonds is 3. The third-order valence-corrected chi connectivity index (χ3v) is 4.58. The standard InChI is InChI=1S/C18H23N3O3/c1-12(2)21-17(22)15-7-5-4-6-14(15)16(19-21)18(23)20-10-8-13(24-3)9-11-20/h4-7,12-13H,8-11H2,1-3H3. The van der Waals surface area contributed by atoms with Crippen LogP contribution >= 0.6 is 0 Å². The number of carbonyl (C=O) groups excluding carboxylic acids is 1. The van der Waals surface area contributed by atoms with Gasteiger partial charge in [-0.2, -0.15) is 5.10 Å². The van der Waals surface area contributed by atoms with Gasteiger partial charge in [-0.15, -0.1) is 0 Å². The minimum Gasteiger partial charge on any atom is -0.381 e. The largest absolute Gasteiger partial charge is 0.381 e. The number of likely N-dealkylation sites (tertiary alicyclic amines) is 1. The maximum Gasteiger partial charge on any atom is 0.274 e. The van der Waals surface area contributed by atoms with Gasteiger partial charge in [0.15, 0.2) is 5.69 Å². The molecule has 3 rings (SSSR count). The van der Waals surface area contributed by atoms with E-state index >= 15 is 0 Å². The van der Waals surface area contributed by atoms with Gasteiger partial charge in [-0.1, -0.05) is 18.2 Å². The topological polar surface area (TPSA) is 64.4 Å². The van der Waals surface area contributed by atoms with Gasteiger partial charge in [-0.3, -0.25) is 9.59 Å². The van der Waals surface area contributed by atoms with E-state index in [1.54, 1.807) is 24.1 Å². The molecule has 1 amide bonds. The summed E-state index contributed by atoms with van der Waals surface area (Å²) in [4.78, 5) is 27.4. The van der Waals surface area contributed by atoms with E-state index in [0.29, 0.717) is 29.6 Å². The van der Waals surface area contributed by atoms with E-state index in [1.165, 1.54) is 4.68 Å². The van der Waals surface area contributed by atoms with Crippen LogP contribution in [-0.2, 0) is 4.74 Å². The van der Waals surface area contributed by atoms with Crippen molar-refractivity contribution in [3.63, 3.8) is 0 Å². The third kappa shape index (κ3) is 2.94. The highest BCUT2D eigenvalue weighted by Crippen LogP contribution is 2.20. The average molecular weight is 329 g/mol. The number of fused-ring (bicyclic) bond motifs is 1. The number of nitrogens with zero attached hydrogens (tertiary/aromatic N) is 3. The second-order valence-electron chi connectivity index (χ2n) is 6.46. The van der Waals surface area contributed by atoms with Crippen LogP contribution < -0.4 is 5.56 Å². The van der Waals surface area contributed by atoms with Crippen molar-refractivity contribution in [3.05, 3.63) is 40.3 Å². The lowest BCUT2D eigenvalue weighted by molar-refractivity contribution is 0.0347. The first-order valence-corrected chi connectivity index (χ1v) is 8.36. The molecule has 0 N–H and O–H groups in total. The van der Waals surface area contributed by atoms with Crippen molar-refractivity contribution in [2.24, 2.45) is 0 Å². The number of carbonyl (C=O) groups is 1. The molecule has 2 aromatic rings. The smallest absolute Gasteiger partial charge is 0.274 e. The van der Waals surface area contributed by atoms with Crippen molar-refractivity contribution in [1.82, 2.24) is 14.7 Å². The van der Waals surface area contributed by atoms with E-state index in [1.807, 2.05) is 26.0 Å². The van der Waals surface area contributed by atoms with Gasteiger partial charge >= 0.3 is 0 Å². The van der Waals surface area contributed by atoms with Crippen LogP contribution in [0.4, 0.5) is 0 Å². The van der Waals surface area contributed by atoms with Gasteiger partial charge in [-0.05, 0) is 32.8 Å². The van der Waals surface area contributed by atoms with Crippen molar-refractivity contribution in [3.8, 4) is 0 Å². The quantitative estimate of drug-likeness (QED) is 0.866. The van der Waals surface area contributed by atoms with Crippen LogP contribution in [0.25, 0.3) is 10.8 Å². The molecule has 0 radical (unpaired) electrons. The predicted octanol–water partition coefficient (Wildman–Crippen LogP) is 2.23. The fourth-order valence-electron chi connectivity index (χ4n) is 3.16. The predicted molar refractivity (Wildman–Crippen MR) is 92.3 cm³/mol. The van der Waals surface area contributed by atoms with Crippen molar-refractivity contribution >= 4 is 16.7 Å². The van der Waals surface area contributed by atoms with Gasteiger partial charge in [0.05, 0.1) is 17.5 Å². The summed E-state index contributed by atoms with van der Waals surface area (Å²) >= 11 is 0. The number of hydrogen-bond donors (Lipinski definition) is 0. The van der Waals surface area contributed by atoms with Gasteiger partial charge in [0.25, 0.3) is 11.5 Å². The van der Waals surface area contributed by atoms with E-state index in [4.69, 9.17) is 4.74 Å². The zero-order chi connectivity index (χ0) is 17.3. The molecule has 6 nitrogen and oxygen atoms in total. The highest BCUT2D eigenvalue weighted by Gasteiger charge is 2.26. The molecule has 1 aliphatic rings. The summed E-state index contributed by atoms with van der Waals surface area (Å²) in [5, 5.41) is 5.56. The summed E-state index contributed by atoms with van der Waals surface area (Å²) in [6.45, 7) is 5.07. The first kappa shape index (κ1) is 16.6. The van der Waals surface area contributed by atoms with E-state index in [2.05, 4.69) is 5.10 Å². The van der Waals surface area contributed by atoms with Gasteiger partial charge in [0, 0.05) is 25.6 Å². The molecule has 1 aromatic carbocycles. The first-order valence-electron chi connectivity index (χ1n) is 8.36. The summed E-state index contributed by atoms with van der Waals surface area (Å²) in [6.07, 6.45) is 1.86. The Morgan fingerprint density at radius 3 is 2.42 bits per heavy atom. The molecule has 0 saturated carbocycles. The maximum atomic E-state index is 13.0. The van der Waals surface area contributed by atoms with Crippen LogP contribution in [0, 0.1) is 0 Å². The van der Waals surface area contributed by atoms with Gasteiger partial charge in [-0.25, -0.2) is 4.68 Å². The fourth-order valence-corrected chi connectivity index (χ4v) is 3.16. The van der Waals surface area contributed by atoms with E-state index in [-0.39, 0.29) is 23.6 Å². The van der Waals surface area contributed by atoms with Crippen LogP contribution in [0.1, 0.15) is 43.2 Å². The number of hydrogen-bond acceptors (Lipinski definition) is 4. The zero-order valence-corrected chi connectivity index (χ0v) is 14.4. The lowest BCUT2D eigenvalue weighted by atomic mass is 10.1. The molecule has 6 heteroatoms. The van der Waals surface area contributed by atoms with E-state index in [0.717, 1.165) is 12.8 Å². The molecular formula is C18H23N3O3. The Bertz CT molecular complexity index is 805. The van der Waals surface area contributed by atoms with E-state index in [9.17, 15) is 9.59 Å². The molecule has 0 unspecified atom stereocenters. The molecule has 0 spiro atoms. The molecular weight excluding hydrogens is 306 g/mol. The zero-order valence-electron chi connectivity index (χ0n) is 14.4. The lowest BCUT2D eigenvalue weighted by Crippen LogP contribution is -2.42. The highest BCUT2D eigenvalue weighted by atomic mass is 16.5. The SMILES string of the molecule is COC1CCN(C(=O)c2nn(C(C)C)c(=O)c3ccccc23)CC1.